The van der Waals surface area contributed by atoms with E-state index in [9.17, 15) is 4.79 Å². The Morgan fingerprint density at radius 1 is 0.788 bits per heavy atom. The largest absolute Gasteiger partial charge is 0.494 e. The van der Waals surface area contributed by atoms with Crippen LogP contribution in [0.4, 0.5) is 0 Å². The minimum atomic E-state index is -0.386. The van der Waals surface area contributed by atoms with Gasteiger partial charge in [0.25, 0.3) is 0 Å². The molecule has 0 saturated heterocycles. The molecule has 2 rings (SSSR count). The summed E-state index contributed by atoms with van der Waals surface area (Å²) in [4.78, 5) is 12.4. The molecule has 0 aliphatic rings. The van der Waals surface area contributed by atoms with E-state index >= 15 is 0 Å². The van der Waals surface area contributed by atoms with Gasteiger partial charge in [0.1, 0.15) is 17.2 Å². The van der Waals surface area contributed by atoms with E-state index in [2.05, 4.69) is 32.9 Å². The minimum Gasteiger partial charge on any atom is -0.494 e. The molecule has 0 aliphatic carbocycles. The Morgan fingerprint density at radius 2 is 1.36 bits per heavy atom. The summed E-state index contributed by atoms with van der Waals surface area (Å²) in [6, 6.07) is 14.3. The van der Waals surface area contributed by atoms with E-state index in [1.807, 2.05) is 24.3 Å². The molecule has 0 spiro atoms. The van der Waals surface area contributed by atoms with Crippen LogP contribution in [0.15, 0.2) is 60.7 Å². The molecule has 0 aromatic heterocycles. The van der Waals surface area contributed by atoms with Crippen molar-refractivity contribution >= 4 is 5.97 Å². The monoisotopic (exact) mass is 452 g/mol. The molecule has 0 amide bonds. The number of unbranched alkanes of at least 4 members (excludes halogenated alkanes) is 3. The third-order valence-corrected chi connectivity index (χ3v) is 5.59. The van der Waals surface area contributed by atoms with Gasteiger partial charge in [-0.2, -0.15) is 0 Å². The van der Waals surface area contributed by atoms with Gasteiger partial charge < -0.3 is 14.2 Å². The molecule has 2 aromatic rings. The first kappa shape index (κ1) is 26.5. The Kier molecular flexibility index (Phi) is 12.8. The highest BCUT2D eigenvalue weighted by atomic mass is 16.5. The van der Waals surface area contributed by atoms with Gasteiger partial charge in [-0.25, -0.2) is 4.79 Å². The van der Waals surface area contributed by atoms with E-state index in [4.69, 9.17) is 14.2 Å². The number of hydrogen-bond donors (Lipinski definition) is 0. The molecular weight excluding hydrogens is 412 g/mol. The van der Waals surface area contributed by atoms with E-state index in [0.717, 1.165) is 49.5 Å². The second-order valence-electron chi connectivity index (χ2n) is 8.49. The van der Waals surface area contributed by atoms with E-state index in [-0.39, 0.29) is 5.97 Å². The molecule has 0 aliphatic heterocycles. The fourth-order valence-electron chi connectivity index (χ4n) is 3.24. The zero-order valence-electron chi connectivity index (χ0n) is 20.6. The first-order chi connectivity index (χ1) is 16.1. The van der Waals surface area contributed by atoms with Crippen LogP contribution >= 0.6 is 0 Å². The average molecular weight is 453 g/mol. The fraction of sp³-hybridized carbons (Fsp3) is 0.483. The smallest absolute Gasteiger partial charge is 0.343 e. The van der Waals surface area contributed by atoms with Crippen molar-refractivity contribution in [2.75, 3.05) is 13.2 Å². The van der Waals surface area contributed by atoms with Crippen LogP contribution in [-0.2, 0) is 0 Å². The Morgan fingerprint density at radius 3 is 2.00 bits per heavy atom. The van der Waals surface area contributed by atoms with Crippen LogP contribution in [0.2, 0.25) is 0 Å². The van der Waals surface area contributed by atoms with Crippen LogP contribution in [0.3, 0.4) is 0 Å². The number of esters is 1. The summed E-state index contributed by atoms with van der Waals surface area (Å²) in [5, 5.41) is 0. The molecule has 4 nitrogen and oxygen atoms in total. The van der Waals surface area contributed by atoms with Crippen LogP contribution in [-0.4, -0.2) is 19.2 Å². The lowest BCUT2D eigenvalue weighted by Crippen LogP contribution is -2.08. The highest BCUT2D eigenvalue weighted by molar-refractivity contribution is 5.91. The predicted molar refractivity (Wildman–Crippen MR) is 135 cm³/mol. The quantitative estimate of drug-likeness (QED) is 0.112. The van der Waals surface area contributed by atoms with Gasteiger partial charge in [-0.3, -0.25) is 0 Å². The van der Waals surface area contributed by atoms with E-state index in [0.29, 0.717) is 24.5 Å². The summed E-state index contributed by atoms with van der Waals surface area (Å²) in [6.45, 7) is 8.04. The van der Waals surface area contributed by atoms with Crippen molar-refractivity contribution in [1.29, 1.82) is 0 Å². The first-order valence-electron chi connectivity index (χ1n) is 12.4. The van der Waals surface area contributed by atoms with Crippen molar-refractivity contribution in [3.05, 3.63) is 66.2 Å². The fourth-order valence-corrected chi connectivity index (χ4v) is 3.24. The molecule has 33 heavy (non-hydrogen) atoms. The van der Waals surface area contributed by atoms with E-state index in [1.165, 1.54) is 19.3 Å². The summed E-state index contributed by atoms with van der Waals surface area (Å²) in [7, 11) is 0. The minimum absolute atomic E-state index is 0.386. The molecule has 0 bridgehead atoms. The summed E-state index contributed by atoms with van der Waals surface area (Å²) in [5.41, 5.74) is 0.494. The predicted octanol–water partition coefficient (Wildman–Crippen LogP) is 8.02. The van der Waals surface area contributed by atoms with E-state index < -0.39 is 0 Å². The standard InChI is InChI=1S/C29H40O4/c1-4-6-7-8-9-10-11-22-31-26-16-14-25(15-17-26)29(30)33-28-20-18-27(19-21-28)32-23-12-13-24(3)5-2/h7-8,14-21,24H,4-6,9-13,22-23H2,1-3H3/b8-7-/t24-/m0/s1. The van der Waals surface area contributed by atoms with Crippen LogP contribution in [0.1, 0.15) is 82.5 Å². The molecule has 0 heterocycles. The van der Waals surface area contributed by atoms with E-state index in [1.54, 1.807) is 24.3 Å². The van der Waals surface area contributed by atoms with Gasteiger partial charge in [0.05, 0.1) is 18.8 Å². The third-order valence-electron chi connectivity index (χ3n) is 5.59. The van der Waals surface area contributed by atoms with Gasteiger partial charge in [0.2, 0.25) is 0 Å². The topological polar surface area (TPSA) is 44.8 Å². The summed E-state index contributed by atoms with van der Waals surface area (Å²) < 4.78 is 17.0. The summed E-state index contributed by atoms with van der Waals surface area (Å²) in [6.07, 6.45) is 13.5. The second kappa shape index (κ2) is 16.0. The number of rotatable bonds is 16. The van der Waals surface area contributed by atoms with Gasteiger partial charge in [-0.1, -0.05) is 45.8 Å². The van der Waals surface area contributed by atoms with Gasteiger partial charge >= 0.3 is 5.97 Å². The van der Waals surface area contributed by atoms with Gasteiger partial charge in [0.15, 0.2) is 0 Å². The first-order valence-corrected chi connectivity index (χ1v) is 12.4. The maximum absolute atomic E-state index is 12.4. The molecule has 4 heteroatoms. The molecule has 0 N–H and O–H groups in total. The number of carbonyl (C=O) groups excluding carboxylic acids is 1. The third kappa shape index (κ3) is 11.1. The zero-order valence-corrected chi connectivity index (χ0v) is 20.6. The lowest BCUT2D eigenvalue weighted by Gasteiger charge is -2.10. The molecule has 1 atom stereocenters. The van der Waals surface area contributed by atoms with Crippen LogP contribution < -0.4 is 14.2 Å². The van der Waals surface area contributed by atoms with Gasteiger partial charge in [-0.05, 0) is 93.0 Å². The van der Waals surface area contributed by atoms with Crippen molar-refractivity contribution in [2.24, 2.45) is 5.92 Å². The average Bonchev–Trinajstić information content (AvgIpc) is 2.84. The highest BCUT2D eigenvalue weighted by Gasteiger charge is 2.09. The number of benzene rings is 2. The SMILES string of the molecule is CCC/C=C\CCCCOc1ccc(C(=O)Oc2ccc(OCCC[C@@H](C)CC)cc2)cc1. The molecule has 0 radical (unpaired) electrons. The zero-order chi connectivity index (χ0) is 23.7. The maximum Gasteiger partial charge on any atom is 0.343 e. The molecule has 0 unspecified atom stereocenters. The van der Waals surface area contributed by atoms with Crippen molar-refractivity contribution in [1.82, 2.24) is 0 Å². The number of allylic oxidation sites excluding steroid dienone is 2. The molecular formula is C29H40O4. The number of hydrogen-bond acceptors (Lipinski definition) is 4. The van der Waals surface area contributed by atoms with Crippen LogP contribution in [0.25, 0.3) is 0 Å². The molecule has 2 aromatic carbocycles. The van der Waals surface area contributed by atoms with Crippen LogP contribution in [0, 0.1) is 5.92 Å². The Labute approximate surface area is 200 Å². The Bertz CT molecular complexity index is 809. The number of carbonyl (C=O) groups is 1. The summed E-state index contributed by atoms with van der Waals surface area (Å²) >= 11 is 0. The van der Waals surface area contributed by atoms with Crippen molar-refractivity contribution in [3.8, 4) is 17.2 Å². The van der Waals surface area contributed by atoms with Gasteiger partial charge in [-0.15, -0.1) is 0 Å². The molecule has 0 fully saturated rings. The molecule has 0 saturated carbocycles. The lowest BCUT2D eigenvalue weighted by atomic mass is 10.0. The highest BCUT2D eigenvalue weighted by Crippen LogP contribution is 2.20. The second-order valence-corrected chi connectivity index (χ2v) is 8.49. The van der Waals surface area contributed by atoms with Crippen molar-refractivity contribution < 1.29 is 19.0 Å². The number of ether oxygens (including phenoxy) is 3. The van der Waals surface area contributed by atoms with Crippen molar-refractivity contribution in [3.63, 3.8) is 0 Å². The Balaban J connectivity index is 1.69. The maximum atomic E-state index is 12.4. The molecule has 180 valence electrons. The lowest BCUT2D eigenvalue weighted by molar-refractivity contribution is 0.0734. The normalized spacial score (nSPS) is 12.0. The summed E-state index contributed by atoms with van der Waals surface area (Å²) in [5.74, 6) is 2.40. The Hall–Kier alpha value is -2.75. The van der Waals surface area contributed by atoms with Crippen LogP contribution in [0.5, 0.6) is 17.2 Å². The van der Waals surface area contributed by atoms with Crippen molar-refractivity contribution in [2.45, 2.75) is 72.1 Å². The van der Waals surface area contributed by atoms with Gasteiger partial charge in [0, 0.05) is 0 Å².